The van der Waals surface area contributed by atoms with Gasteiger partial charge in [0.25, 0.3) is 0 Å². The van der Waals surface area contributed by atoms with Crippen molar-refractivity contribution in [2.45, 2.75) is 20.3 Å². The SMILES string of the molecule is C=C=CC(C)(C)C/C=C/C=O. The molecule has 0 amide bonds. The van der Waals surface area contributed by atoms with Crippen LogP contribution in [0.4, 0.5) is 0 Å². The number of allylic oxidation sites excluding steroid dienone is 3. The lowest BCUT2D eigenvalue weighted by Crippen LogP contribution is -2.04. The molecule has 0 aliphatic heterocycles. The first kappa shape index (κ1) is 9.93. The van der Waals surface area contributed by atoms with Gasteiger partial charge in [-0.25, -0.2) is 0 Å². The summed E-state index contributed by atoms with van der Waals surface area (Å²) in [5.74, 6) is 0. The molecule has 0 rings (SSSR count). The van der Waals surface area contributed by atoms with Crippen LogP contribution in [0.1, 0.15) is 20.3 Å². The minimum absolute atomic E-state index is 0.0568. The van der Waals surface area contributed by atoms with Crippen molar-refractivity contribution >= 4 is 6.29 Å². The van der Waals surface area contributed by atoms with Crippen molar-refractivity contribution in [1.82, 2.24) is 0 Å². The largest absolute Gasteiger partial charge is 0.299 e. The molecular formula is C10H14O. The third-order valence-corrected chi connectivity index (χ3v) is 1.35. The van der Waals surface area contributed by atoms with Gasteiger partial charge in [-0.3, -0.25) is 4.79 Å². The van der Waals surface area contributed by atoms with E-state index in [0.717, 1.165) is 12.7 Å². The molecule has 0 aromatic heterocycles. The van der Waals surface area contributed by atoms with E-state index in [0.29, 0.717) is 0 Å². The second kappa shape index (κ2) is 4.70. The highest BCUT2D eigenvalue weighted by Crippen LogP contribution is 2.21. The fraction of sp³-hybridized carbons (Fsp3) is 0.400. The van der Waals surface area contributed by atoms with E-state index in [1.807, 2.05) is 12.2 Å². The molecule has 0 aliphatic carbocycles. The van der Waals surface area contributed by atoms with Crippen LogP contribution in [-0.4, -0.2) is 6.29 Å². The van der Waals surface area contributed by atoms with Crippen molar-refractivity contribution in [1.29, 1.82) is 0 Å². The quantitative estimate of drug-likeness (QED) is 0.342. The van der Waals surface area contributed by atoms with Crippen LogP contribution < -0.4 is 0 Å². The standard InChI is InChI=1S/C10H14O/c1-4-7-10(2,3)8-5-6-9-11/h5-7,9H,1,8H2,2-3H3/b6-5+. The van der Waals surface area contributed by atoms with Gasteiger partial charge >= 0.3 is 0 Å². The highest BCUT2D eigenvalue weighted by atomic mass is 16.1. The molecule has 0 aromatic rings. The van der Waals surface area contributed by atoms with Crippen LogP contribution in [0.15, 0.2) is 30.5 Å². The van der Waals surface area contributed by atoms with E-state index in [2.05, 4.69) is 26.2 Å². The van der Waals surface area contributed by atoms with E-state index in [1.165, 1.54) is 6.08 Å². The maximum absolute atomic E-state index is 9.92. The smallest absolute Gasteiger partial charge is 0.142 e. The number of hydrogen-bond acceptors (Lipinski definition) is 1. The Hall–Kier alpha value is -1.07. The number of carbonyl (C=O) groups is 1. The Morgan fingerprint density at radius 1 is 1.55 bits per heavy atom. The van der Waals surface area contributed by atoms with E-state index >= 15 is 0 Å². The first-order valence-corrected chi connectivity index (χ1v) is 3.60. The lowest BCUT2D eigenvalue weighted by molar-refractivity contribution is -0.104. The molecule has 0 fully saturated rings. The van der Waals surface area contributed by atoms with E-state index in [-0.39, 0.29) is 5.41 Å². The number of aldehydes is 1. The summed E-state index contributed by atoms with van der Waals surface area (Å²) in [6.07, 6.45) is 6.89. The third-order valence-electron chi connectivity index (χ3n) is 1.35. The fourth-order valence-corrected chi connectivity index (χ4v) is 0.763. The van der Waals surface area contributed by atoms with E-state index < -0.39 is 0 Å². The monoisotopic (exact) mass is 150 g/mol. The predicted octanol–water partition coefficient (Wildman–Crippen LogP) is 2.50. The third kappa shape index (κ3) is 5.38. The summed E-state index contributed by atoms with van der Waals surface area (Å²) in [5, 5.41) is 0. The summed E-state index contributed by atoms with van der Waals surface area (Å²) in [5.41, 5.74) is 2.79. The number of carbonyl (C=O) groups excluding carboxylic acids is 1. The van der Waals surface area contributed by atoms with Crippen LogP contribution in [0.25, 0.3) is 0 Å². The lowest BCUT2D eigenvalue weighted by Gasteiger charge is -2.15. The molecule has 0 spiro atoms. The lowest BCUT2D eigenvalue weighted by atomic mass is 9.89. The molecule has 11 heavy (non-hydrogen) atoms. The Balaban J connectivity index is 4.01. The van der Waals surface area contributed by atoms with Gasteiger partial charge < -0.3 is 0 Å². The number of hydrogen-bond donors (Lipinski definition) is 0. The second-order valence-electron chi connectivity index (χ2n) is 3.11. The molecule has 0 atom stereocenters. The Morgan fingerprint density at radius 3 is 2.64 bits per heavy atom. The van der Waals surface area contributed by atoms with Crippen LogP contribution in [0.3, 0.4) is 0 Å². The van der Waals surface area contributed by atoms with Crippen molar-refractivity contribution in [2.75, 3.05) is 0 Å². The Kier molecular flexibility index (Phi) is 4.24. The molecule has 60 valence electrons. The topological polar surface area (TPSA) is 17.1 Å². The van der Waals surface area contributed by atoms with Gasteiger partial charge in [0.15, 0.2) is 0 Å². The second-order valence-corrected chi connectivity index (χ2v) is 3.11. The summed E-state index contributed by atoms with van der Waals surface area (Å²) in [7, 11) is 0. The summed E-state index contributed by atoms with van der Waals surface area (Å²) < 4.78 is 0. The van der Waals surface area contributed by atoms with Gasteiger partial charge in [0.2, 0.25) is 0 Å². The first-order valence-electron chi connectivity index (χ1n) is 3.60. The maximum Gasteiger partial charge on any atom is 0.142 e. The highest BCUT2D eigenvalue weighted by Gasteiger charge is 2.10. The average molecular weight is 150 g/mol. The van der Waals surface area contributed by atoms with Gasteiger partial charge in [-0.15, -0.1) is 5.73 Å². The zero-order valence-corrected chi connectivity index (χ0v) is 7.13. The van der Waals surface area contributed by atoms with Crippen molar-refractivity contribution < 1.29 is 4.79 Å². The van der Waals surface area contributed by atoms with Gasteiger partial charge in [0.1, 0.15) is 6.29 Å². The first-order chi connectivity index (χ1) is 5.12. The van der Waals surface area contributed by atoms with E-state index in [9.17, 15) is 4.79 Å². The van der Waals surface area contributed by atoms with Crippen LogP contribution in [0, 0.1) is 5.41 Å². The minimum atomic E-state index is 0.0568. The van der Waals surface area contributed by atoms with Crippen molar-refractivity contribution in [3.05, 3.63) is 30.5 Å². The Morgan fingerprint density at radius 2 is 2.18 bits per heavy atom. The van der Waals surface area contributed by atoms with Crippen LogP contribution in [-0.2, 0) is 4.79 Å². The van der Waals surface area contributed by atoms with Crippen LogP contribution in [0.5, 0.6) is 0 Å². The molecule has 0 saturated carbocycles. The molecule has 0 saturated heterocycles. The molecule has 0 heterocycles. The maximum atomic E-state index is 9.92. The predicted molar refractivity (Wildman–Crippen MR) is 47.3 cm³/mol. The van der Waals surface area contributed by atoms with E-state index in [4.69, 9.17) is 0 Å². The van der Waals surface area contributed by atoms with Gasteiger partial charge in [-0.1, -0.05) is 26.5 Å². The molecule has 0 aromatic carbocycles. The Labute approximate surface area is 68.1 Å². The Bertz CT molecular complexity index is 193. The summed E-state index contributed by atoms with van der Waals surface area (Å²) >= 11 is 0. The molecule has 1 nitrogen and oxygen atoms in total. The molecule has 0 unspecified atom stereocenters. The minimum Gasteiger partial charge on any atom is -0.299 e. The van der Waals surface area contributed by atoms with Crippen molar-refractivity contribution in [2.24, 2.45) is 5.41 Å². The normalized spacial score (nSPS) is 11.1. The molecule has 0 bridgehead atoms. The molecular weight excluding hydrogens is 136 g/mol. The van der Waals surface area contributed by atoms with Crippen molar-refractivity contribution in [3.8, 4) is 0 Å². The molecule has 0 radical (unpaired) electrons. The molecule has 1 heteroatoms. The summed E-state index contributed by atoms with van der Waals surface area (Å²) in [6, 6.07) is 0. The molecule has 0 aliphatic rings. The highest BCUT2D eigenvalue weighted by molar-refractivity contribution is 5.64. The van der Waals surface area contributed by atoms with Crippen LogP contribution >= 0.6 is 0 Å². The molecule has 0 N–H and O–H groups in total. The van der Waals surface area contributed by atoms with Crippen LogP contribution in [0.2, 0.25) is 0 Å². The van der Waals surface area contributed by atoms with Gasteiger partial charge in [0, 0.05) is 0 Å². The zero-order valence-electron chi connectivity index (χ0n) is 7.13. The zero-order chi connectivity index (χ0) is 8.74. The van der Waals surface area contributed by atoms with Gasteiger partial charge in [-0.05, 0) is 24.0 Å². The summed E-state index contributed by atoms with van der Waals surface area (Å²) in [4.78, 5) is 9.92. The van der Waals surface area contributed by atoms with Gasteiger partial charge in [-0.2, -0.15) is 0 Å². The average Bonchev–Trinajstić information content (AvgIpc) is 1.87. The van der Waals surface area contributed by atoms with E-state index in [1.54, 1.807) is 0 Å². The number of rotatable bonds is 4. The van der Waals surface area contributed by atoms with Crippen molar-refractivity contribution in [3.63, 3.8) is 0 Å². The van der Waals surface area contributed by atoms with Gasteiger partial charge in [0.05, 0.1) is 0 Å². The fourth-order valence-electron chi connectivity index (χ4n) is 0.763. The summed E-state index contributed by atoms with van der Waals surface area (Å²) in [6.45, 7) is 7.64.